The number of alkyl carbamates (subject to hydrolysis) is 1. The summed E-state index contributed by atoms with van der Waals surface area (Å²) in [5.41, 5.74) is 1.43. The molecule has 3 atom stereocenters. The van der Waals surface area contributed by atoms with Crippen molar-refractivity contribution in [3.8, 4) is 5.75 Å². The number of Topliss-reactive ketones (excluding diaryl/α,β-unsaturated/α-hetero) is 1. The lowest BCUT2D eigenvalue weighted by molar-refractivity contribution is -0.175. The van der Waals surface area contributed by atoms with Gasteiger partial charge in [0.15, 0.2) is 0 Å². The van der Waals surface area contributed by atoms with Crippen LogP contribution in [0.5, 0.6) is 5.75 Å². The van der Waals surface area contributed by atoms with Gasteiger partial charge in [0.2, 0.25) is 17.7 Å². The second-order valence-corrected chi connectivity index (χ2v) is 14.0. The first kappa shape index (κ1) is 42.3. The van der Waals surface area contributed by atoms with Gasteiger partial charge in [0.25, 0.3) is 5.78 Å². The Kier molecular flexibility index (Phi) is 14.8. The number of amides is 4. The molecular weight excluding hydrogens is 717 g/mol. The van der Waals surface area contributed by atoms with Crippen LogP contribution in [0.3, 0.4) is 0 Å². The second kappa shape index (κ2) is 18.6. The number of ketones is 1. The van der Waals surface area contributed by atoms with Crippen LogP contribution >= 0.6 is 11.6 Å². The number of halogens is 4. The topological polar surface area (TPSA) is 152 Å². The van der Waals surface area contributed by atoms with Crippen LogP contribution in [-0.2, 0) is 43.3 Å². The smallest absolute Gasteiger partial charge is 0.452 e. The van der Waals surface area contributed by atoms with E-state index in [0.717, 1.165) is 5.56 Å². The molecule has 3 rings (SSSR count). The molecule has 0 aliphatic carbocycles. The lowest BCUT2D eigenvalue weighted by Crippen LogP contribution is -2.55. The van der Waals surface area contributed by atoms with E-state index in [4.69, 9.17) is 21.1 Å². The zero-order valence-electron chi connectivity index (χ0n) is 30.2. The lowest BCUT2D eigenvalue weighted by Gasteiger charge is -2.27. The maximum Gasteiger partial charge on any atom is 0.452 e. The van der Waals surface area contributed by atoms with Crippen molar-refractivity contribution in [2.45, 2.75) is 83.9 Å². The lowest BCUT2D eigenvalue weighted by atomic mass is 9.97. The summed E-state index contributed by atoms with van der Waals surface area (Å²) in [5, 5.41) is 10.5. The van der Waals surface area contributed by atoms with Crippen LogP contribution in [0.2, 0.25) is 5.02 Å². The Morgan fingerprint density at radius 3 is 1.96 bits per heavy atom. The number of methoxy groups -OCH3 is 1. The molecule has 0 aromatic heterocycles. The first-order chi connectivity index (χ1) is 24.7. The summed E-state index contributed by atoms with van der Waals surface area (Å²) in [7, 11) is 1.42. The minimum atomic E-state index is -5.22. The predicted octanol–water partition coefficient (Wildman–Crippen LogP) is 5.77. The van der Waals surface area contributed by atoms with E-state index in [-0.39, 0.29) is 24.9 Å². The fourth-order valence-electron chi connectivity index (χ4n) is 5.09. The van der Waals surface area contributed by atoms with E-state index in [9.17, 15) is 37.1 Å². The molecule has 15 heteroatoms. The Balaban J connectivity index is 1.84. The third-order valence-corrected chi connectivity index (χ3v) is 7.96. The largest absolute Gasteiger partial charge is 0.497 e. The molecule has 4 N–H and O–H groups in total. The van der Waals surface area contributed by atoms with E-state index in [1.165, 1.54) is 45.2 Å². The first-order valence-corrected chi connectivity index (χ1v) is 17.1. The van der Waals surface area contributed by atoms with E-state index in [2.05, 4.69) is 21.3 Å². The molecule has 0 saturated carbocycles. The SMILES string of the molecule is COc1ccc([C@H](NC(=O)[C@H](Cc2cccc(Cl)c2)NC(=O)Cc2ccc(CNC(=O)OC(C)(C)C)cc2)C(=O)N[C@H](C(=O)C(F)(F)F)C(C)C)cc1. The number of alkyl halides is 3. The fraction of sp³-hybridized carbons (Fsp3) is 0.395. The number of carbonyl (C=O) groups is 5. The van der Waals surface area contributed by atoms with Gasteiger partial charge in [-0.25, -0.2) is 4.79 Å². The molecule has 4 amide bonds. The van der Waals surface area contributed by atoms with Crippen LogP contribution in [0.25, 0.3) is 0 Å². The van der Waals surface area contributed by atoms with E-state index in [0.29, 0.717) is 21.9 Å². The average molecular weight is 761 g/mol. The van der Waals surface area contributed by atoms with Gasteiger partial charge in [0.05, 0.1) is 19.6 Å². The highest BCUT2D eigenvalue weighted by atomic mass is 35.5. The van der Waals surface area contributed by atoms with E-state index < -0.39 is 65.4 Å². The minimum Gasteiger partial charge on any atom is -0.497 e. The Hall–Kier alpha value is -5.11. The second-order valence-electron chi connectivity index (χ2n) is 13.6. The van der Waals surface area contributed by atoms with Gasteiger partial charge in [-0.05, 0) is 73.2 Å². The first-order valence-electron chi connectivity index (χ1n) is 16.7. The minimum absolute atomic E-state index is 0.0640. The standard InChI is InChI=1S/C38H44ClF3N4O7/c1-22(2)31(33(48)38(40,41)42)45-35(50)32(26-14-16-28(52-6)17-15-26)46-34(49)29(19-25-8-7-9-27(39)18-25)44-30(47)20-23-10-12-24(13-11-23)21-43-36(51)53-37(3,4)5/h7-18,22,29,31-32H,19-21H2,1-6H3,(H,43,51)(H,44,47)(H,45,50)(H,46,49)/t29-,31-,32-/m0/s1. The summed E-state index contributed by atoms with van der Waals surface area (Å²) in [4.78, 5) is 65.1. The highest BCUT2D eigenvalue weighted by Crippen LogP contribution is 2.24. The van der Waals surface area contributed by atoms with Gasteiger partial charge in [-0.15, -0.1) is 0 Å². The van der Waals surface area contributed by atoms with Gasteiger partial charge in [-0.1, -0.05) is 74.0 Å². The van der Waals surface area contributed by atoms with E-state index in [1.807, 2.05) is 0 Å². The number of benzene rings is 3. The Bertz CT molecular complexity index is 1740. The molecule has 3 aromatic rings. The summed E-state index contributed by atoms with van der Waals surface area (Å²) in [6.45, 7) is 8.13. The van der Waals surface area contributed by atoms with Gasteiger partial charge in [-0.3, -0.25) is 19.2 Å². The summed E-state index contributed by atoms with van der Waals surface area (Å²) in [5.74, 6) is -5.13. The molecule has 0 fully saturated rings. The van der Waals surface area contributed by atoms with Gasteiger partial charge < -0.3 is 30.7 Å². The normalized spacial score (nSPS) is 13.3. The number of hydrogen-bond donors (Lipinski definition) is 4. The molecule has 0 bridgehead atoms. The van der Waals surface area contributed by atoms with Gasteiger partial charge in [0.1, 0.15) is 23.4 Å². The van der Waals surface area contributed by atoms with Crippen molar-refractivity contribution in [3.63, 3.8) is 0 Å². The van der Waals surface area contributed by atoms with Crippen molar-refractivity contribution < 1.29 is 46.6 Å². The molecule has 0 aliphatic rings. The number of carbonyl (C=O) groups excluding carboxylic acids is 5. The third-order valence-electron chi connectivity index (χ3n) is 7.73. The molecule has 3 aromatic carbocycles. The van der Waals surface area contributed by atoms with E-state index in [1.54, 1.807) is 69.3 Å². The van der Waals surface area contributed by atoms with Gasteiger partial charge in [-0.2, -0.15) is 13.2 Å². The molecular formula is C38H44ClF3N4O7. The Morgan fingerprint density at radius 2 is 1.42 bits per heavy atom. The van der Waals surface area contributed by atoms with Crippen LogP contribution < -0.4 is 26.0 Å². The molecule has 0 heterocycles. The number of ether oxygens (including phenoxy) is 2. The summed E-state index contributed by atoms with van der Waals surface area (Å²) < 4.78 is 50.7. The average Bonchev–Trinajstić information content (AvgIpc) is 3.07. The van der Waals surface area contributed by atoms with Gasteiger partial charge in [0, 0.05) is 18.0 Å². The molecule has 53 heavy (non-hydrogen) atoms. The van der Waals surface area contributed by atoms with E-state index >= 15 is 0 Å². The summed E-state index contributed by atoms with van der Waals surface area (Å²) >= 11 is 6.17. The van der Waals surface area contributed by atoms with Crippen molar-refractivity contribution in [3.05, 3.63) is 100 Å². The van der Waals surface area contributed by atoms with Crippen LogP contribution in [-0.4, -0.2) is 60.6 Å². The number of hydrogen-bond acceptors (Lipinski definition) is 7. The van der Waals surface area contributed by atoms with Crippen molar-refractivity contribution in [1.82, 2.24) is 21.3 Å². The summed E-state index contributed by atoms with van der Waals surface area (Å²) in [6.07, 6.45) is -6.00. The molecule has 0 radical (unpaired) electrons. The maximum atomic E-state index is 13.9. The molecule has 0 aliphatic heterocycles. The zero-order valence-corrected chi connectivity index (χ0v) is 31.0. The Morgan fingerprint density at radius 1 is 0.792 bits per heavy atom. The fourth-order valence-corrected chi connectivity index (χ4v) is 5.30. The monoisotopic (exact) mass is 760 g/mol. The maximum absolute atomic E-state index is 13.9. The van der Waals surface area contributed by atoms with Crippen LogP contribution in [0, 0.1) is 5.92 Å². The number of nitrogens with one attached hydrogen (secondary N) is 4. The zero-order chi connectivity index (χ0) is 39.5. The molecule has 0 unspecified atom stereocenters. The quantitative estimate of drug-likeness (QED) is 0.154. The van der Waals surface area contributed by atoms with Crippen molar-refractivity contribution >= 4 is 41.2 Å². The predicted molar refractivity (Wildman–Crippen MR) is 192 cm³/mol. The molecule has 0 saturated heterocycles. The van der Waals surface area contributed by atoms with Crippen LogP contribution in [0.4, 0.5) is 18.0 Å². The van der Waals surface area contributed by atoms with Gasteiger partial charge >= 0.3 is 12.3 Å². The molecule has 11 nitrogen and oxygen atoms in total. The Labute approximate surface area is 311 Å². The molecule has 0 spiro atoms. The molecule has 286 valence electrons. The van der Waals surface area contributed by atoms with Crippen LogP contribution in [0.1, 0.15) is 62.9 Å². The van der Waals surface area contributed by atoms with Crippen molar-refractivity contribution in [1.29, 1.82) is 0 Å². The van der Waals surface area contributed by atoms with Crippen molar-refractivity contribution in [2.24, 2.45) is 5.92 Å². The third kappa shape index (κ3) is 13.8. The van der Waals surface area contributed by atoms with Crippen molar-refractivity contribution in [2.75, 3.05) is 7.11 Å². The van der Waals surface area contributed by atoms with Crippen LogP contribution in [0.15, 0.2) is 72.8 Å². The summed E-state index contributed by atoms with van der Waals surface area (Å²) in [6, 6.07) is 14.5. The number of rotatable bonds is 15. The highest BCUT2D eigenvalue weighted by Gasteiger charge is 2.45. The highest BCUT2D eigenvalue weighted by molar-refractivity contribution is 6.30.